The molecule has 0 aliphatic heterocycles. The highest BCUT2D eigenvalue weighted by Crippen LogP contribution is 2.23. The highest BCUT2D eigenvalue weighted by atomic mass is 19.1. The molecular formula is C16H14FNO. The molecule has 0 aliphatic rings. The molecule has 0 aliphatic carbocycles. The van der Waals surface area contributed by atoms with Crippen LogP contribution in [0.4, 0.5) is 4.39 Å². The maximum atomic E-state index is 12.8. The number of benzene rings is 2. The zero-order valence-corrected chi connectivity index (χ0v) is 10.6. The molecule has 3 aromatic rings. The van der Waals surface area contributed by atoms with E-state index in [1.165, 1.54) is 23.1 Å². The summed E-state index contributed by atoms with van der Waals surface area (Å²) >= 11 is 0. The molecule has 0 unspecified atom stereocenters. The van der Waals surface area contributed by atoms with Crippen molar-refractivity contribution in [3.63, 3.8) is 0 Å². The molecule has 0 atom stereocenters. The van der Waals surface area contributed by atoms with E-state index in [9.17, 15) is 4.39 Å². The summed E-state index contributed by atoms with van der Waals surface area (Å²) in [7, 11) is 0. The Balaban J connectivity index is 1.84. The molecule has 0 saturated heterocycles. The van der Waals surface area contributed by atoms with Crippen LogP contribution in [0.3, 0.4) is 0 Å². The highest BCUT2D eigenvalue weighted by Gasteiger charge is 2.06. The fourth-order valence-electron chi connectivity index (χ4n) is 2.26. The van der Waals surface area contributed by atoms with Crippen molar-refractivity contribution in [2.24, 2.45) is 0 Å². The third-order valence-corrected chi connectivity index (χ3v) is 3.20. The van der Waals surface area contributed by atoms with Gasteiger partial charge in [-0.1, -0.05) is 12.1 Å². The Bertz CT molecular complexity index is 700. The summed E-state index contributed by atoms with van der Waals surface area (Å²) in [6.07, 6.45) is 1.96. The van der Waals surface area contributed by atoms with Crippen LogP contribution in [0.1, 0.15) is 11.1 Å². The van der Waals surface area contributed by atoms with Crippen molar-refractivity contribution in [1.82, 2.24) is 4.98 Å². The second kappa shape index (κ2) is 4.76. The van der Waals surface area contributed by atoms with Gasteiger partial charge in [-0.3, -0.25) is 0 Å². The predicted molar refractivity (Wildman–Crippen MR) is 73.8 cm³/mol. The quantitative estimate of drug-likeness (QED) is 0.745. The smallest absolute Gasteiger partial charge is 0.123 e. The maximum absolute atomic E-state index is 12.8. The van der Waals surface area contributed by atoms with E-state index in [2.05, 4.69) is 18.0 Å². The molecule has 0 amide bonds. The van der Waals surface area contributed by atoms with Crippen molar-refractivity contribution in [2.75, 3.05) is 0 Å². The first-order valence-electron chi connectivity index (χ1n) is 6.18. The summed E-state index contributed by atoms with van der Waals surface area (Å²) in [5.74, 6) is 0.416. The summed E-state index contributed by atoms with van der Waals surface area (Å²) in [6.45, 7) is 2.55. The molecule has 0 spiro atoms. The number of aromatic amines is 1. The zero-order valence-electron chi connectivity index (χ0n) is 10.6. The normalized spacial score (nSPS) is 10.8. The van der Waals surface area contributed by atoms with Gasteiger partial charge < -0.3 is 9.72 Å². The van der Waals surface area contributed by atoms with Crippen LogP contribution in [0.2, 0.25) is 0 Å². The lowest BCUT2D eigenvalue weighted by molar-refractivity contribution is 0.307. The average molecular weight is 255 g/mol. The number of nitrogens with one attached hydrogen (secondary N) is 1. The topological polar surface area (TPSA) is 25.0 Å². The van der Waals surface area contributed by atoms with E-state index in [1.807, 2.05) is 18.3 Å². The van der Waals surface area contributed by atoms with Crippen LogP contribution in [0.5, 0.6) is 5.75 Å². The largest absolute Gasteiger partial charge is 0.489 e. The van der Waals surface area contributed by atoms with Gasteiger partial charge in [-0.2, -0.15) is 0 Å². The van der Waals surface area contributed by atoms with Gasteiger partial charge >= 0.3 is 0 Å². The van der Waals surface area contributed by atoms with Gasteiger partial charge in [0.15, 0.2) is 0 Å². The van der Waals surface area contributed by atoms with Crippen molar-refractivity contribution in [3.05, 3.63) is 65.6 Å². The van der Waals surface area contributed by atoms with Gasteiger partial charge in [-0.15, -0.1) is 0 Å². The first kappa shape index (κ1) is 11.8. The van der Waals surface area contributed by atoms with Gasteiger partial charge in [-0.25, -0.2) is 4.39 Å². The van der Waals surface area contributed by atoms with Crippen molar-refractivity contribution in [2.45, 2.75) is 13.5 Å². The van der Waals surface area contributed by atoms with Gasteiger partial charge in [0.25, 0.3) is 0 Å². The number of H-pyrrole nitrogens is 1. The Morgan fingerprint density at radius 1 is 1.11 bits per heavy atom. The molecule has 1 heterocycles. The van der Waals surface area contributed by atoms with Gasteiger partial charge in [0.2, 0.25) is 0 Å². The average Bonchev–Trinajstić information content (AvgIpc) is 2.83. The lowest BCUT2D eigenvalue weighted by Gasteiger charge is -2.06. The Morgan fingerprint density at radius 3 is 2.68 bits per heavy atom. The summed E-state index contributed by atoms with van der Waals surface area (Å²) < 4.78 is 18.5. The fraction of sp³-hybridized carbons (Fsp3) is 0.125. The fourth-order valence-corrected chi connectivity index (χ4v) is 2.26. The van der Waals surface area contributed by atoms with E-state index in [0.717, 1.165) is 11.1 Å². The predicted octanol–water partition coefficient (Wildman–Crippen LogP) is 4.19. The van der Waals surface area contributed by atoms with Crippen molar-refractivity contribution >= 4 is 10.9 Å². The molecule has 3 rings (SSSR count). The summed E-state index contributed by atoms with van der Waals surface area (Å²) in [5.41, 5.74) is 3.44. The third-order valence-electron chi connectivity index (χ3n) is 3.20. The minimum Gasteiger partial charge on any atom is -0.489 e. The second-order valence-electron chi connectivity index (χ2n) is 4.55. The van der Waals surface area contributed by atoms with Crippen molar-refractivity contribution < 1.29 is 9.13 Å². The summed E-state index contributed by atoms with van der Waals surface area (Å²) in [5, 5.41) is 1.20. The number of hydrogen-bond acceptors (Lipinski definition) is 1. The first-order chi connectivity index (χ1) is 9.24. The SMILES string of the molecule is Cc1cccc2[nH]cc(COc3ccc(F)cc3)c12. The zero-order chi connectivity index (χ0) is 13.2. The maximum Gasteiger partial charge on any atom is 0.123 e. The van der Waals surface area contributed by atoms with E-state index < -0.39 is 0 Å². The number of halogens is 1. The molecule has 1 aromatic heterocycles. The van der Waals surface area contributed by atoms with Crippen LogP contribution in [-0.2, 0) is 6.61 Å². The lowest BCUT2D eigenvalue weighted by Crippen LogP contribution is -1.95. The molecule has 0 bridgehead atoms. The number of hydrogen-bond donors (Lipinski definition) is 1. The van der Waals surface area contributed by atoms with E-state index in [4.69, 9.17) is 4.74 Å². The van der Waals surface area contributed by atoms with Gasteiger partial charge in [0.1, 0.15) is 18.2 Å². The summed E-state index contributed by atoms with van der Waals surface area (Å²) in [4.78, 5) is 3.23. The van der Waals surface area contributed by atoms with Crippen molar-refractivity contribution in [1.29, 1.82) is 0 Å². The molecule has 1 N–H and O–H groups in total. The van der Waals surface area contributed by atoms with Crippen molar-refractivity contribution in [3.8, 4) is 5.75 Å². The molecule has 3 heteroatoms. The number of rotatable bonds is 3. The Hall–Kier alpha value is -2.29. The summed E-state index contributed by atoms with van der Waals surface area (Å²) in [6, 6.07) is 12.2. The Labute approximate surface area is 110 Å². The first-order valence-corrected chi connectivity index (χ1v) is 6.18. The third kappa shape index (κ3) is 2.32. The molecule has 19 heavy (non-hydrogen) atoms. The lowest BCUT2D eigenvalue weighted by atomic mass is 10.1. The van der Waals surface area contributed by atoms with Crippen LogP contribution in [0.15, 0.2) is 48.7 Å². The molecule has 2 nitrogen and oxygen atoms in total. The molecule has 2 aromatic carbocycles. The van der Waals surface area contributed by atoms with Crippen LogP contribution in [0, 0.1) is 12.7 Å². The second-order valence-corrected chi connectivity index (χ2v) is 4.55. The van der Waals surface area contributed by atoms with E-state index in [0.29, 0.717) is 12.4 Å². The van der Waals surface area contributed by atoms with E-state index in [1.54, 1.807) is 12.1 Å². The monoisotopic (exact) mass is 255 g/mol. The van der Waals surface area contributed by atoms with Gasteiger partial charge in [0.05, 0.1) is 0 Å². The van der Waals surface area contributed by atoms with E-state index >= 15 is 0 Å². The van der Waals surface area contributed by atoms with Crippen LogP contribution in [0.25, 0.3) is 10.9 Å². The van der Waals surface area contributed by atoms with Crippen LogP contribution < -0.4 is 4.74 Å². The number of fused-ring (bicyclic) bond motifs is 1. The Kier molecular flexibility index (Phi) is 2.95. The van der Waals surface area contributed by atoms with Crippen LogP contribution >= 0.6 is 0 Å². The minimum atomic E-state index is -0.254. The number of aryl methyl sites for hydroxylation is 1. The van der Waals surface area contributed by atoms with Crippen LogP contribution in [-0.4, -0.2) is 4.98 Å². The standard InChI is InChI=1S/C16H14FNO/c1-11-3-2-4-15-16(11)12(9-18-15)10-19-14-7-5-13(17)6-8-14/h2-9,18H,10H2,1H3. The van der Waals surface area contributed by atoms with Gasteiger partial charge in [0, 0.05) is 22.7 Å². The number of aromatic nitrogens is 1. The Morgan fingerprint density at radius 2 is 1.89 bits per heavy atom. The van der Waals surface area contributed by atoms with Gasteiger partial charge in [-0.05, 0) is 42.8 Å². The highest BCUT2D eigenvalue weighted by molar-refractivity contribution is 5.86. The molecule has 96 valence electrons. The molecule has 0 fully saturated rings. The molecule has 0 radical (unpaired) electrons. The molecule has 0 saturated carbocycles. The minimum absolute atomic E-state index is 0.254. The molecular weight excluding hydrogens is 241 g/mol. The van der Waals surface area contributed by atoms with E-state index in [-0.39, 0.29) is 5.82 Å². The number of ether oxygens (including phenoxy) is 1.